The van der Waals surface area contributed by atoms with Crippen LogP contribution >= 0.6 is 0 Å². The van der Waals surface area contributed by atoms with Gasteiger partial charge in [-0.3, -0.25) is 31.3 Å². The quantitative estimate of drug-likeness (QED) is 0.444. The van der Waals surface area contributed by atoms with Crippen LogP contribution in [0.25, 0.3) is 0 Å². The molecule has 24 heavy (non-hydrogen) atoms. The van der Waals surface area contributed by atoms with E-state index in [-0.39, 0.29) is 11.8 Å². The molecule has 0 heterocycles. The summed E-state index contributed by atoms with van der Waals surface area (Å²) in [5.74, 6) is -1.51. The maximum absolute atomic E-state index is 12.3. The summed E-state index contributed by atoms with van der Waals surface area (Å²) >= 11 is 0. The summed E-state index contributed by atoms with van der Waals surface area (Å²) in [4.78, 5) is 24.6. The van der Waals surface area contributed by atoms with Gasteiger partial charge in [-0.25, -0.2) is 0 Å². The summed E-state index contributed by atoms with van der Waals surface area (Å²) in [5.41, 5.74) is 12.3. The van der Waals surface area contributed by atoms with Crippen molar-refractivity contribution in [3.63, 3.8) is 0 Å². The van der Waals surface area contributed by atoms with Gasteiger partial charge >= 0.3 is 0 Å². The first-order valence-electron chi connectivity index (χ1n) is 7.92. The Kier molecular flexibility index (Phi) is 6.64. The van der Waals surface area contributed by atoms with Gasteiger partial charge in [-0.1, -0.05) is 49.7 Å². The van der Waals surface area contributed by atoms with E-state index in [0.717, 1.165) is 17.8 Å². The molecule has 0 aromatic heterocycles. The van der Waals surface area contributed by atoms with Crippen molar-refractivity contribution in [2.75, 3.05) is 10.9 Å². The van der Waals surface area contributed by atoms with E-state index < -0.39 is 5.92 Å². The van der Waals surface area contributed by atoms with Crippen LogP contribution in [-0.4, -0.2) is 11.8 Å². The Bertz CT molecular complexity index is 591. The van der Waals surface area contributed by atoms with E-state index in [0.29, 0.717) is 6.42 Å². The molecule has 0 aliphatic heterocycles. The van der Waals surface area contributed by atoms with E-state index in [9.17, 15) is 9.59 Å². The van der Waals surface area contributed by atoms with Crippen molar-refractivity contribution < 1.29 is 9.59 Å². The van der Waals surface area contributed by atoms with Crippen LogP contribution in [0.4, 0.5) is 11.4 Å². The predicted molar refractivity (Wildman–Crippen MR) is 94.8 cm³/mol. The third-order valence-corrected chi connectivity index (χ3v) is 3.42. The molecule has 6 nitrogen and oxygen atoms in total. The maximum atomic E-state index is 12.3. The molecule has 126 valence electrons. The molecule has 0 radical (unpaired) electrons. The molecule has 2 amide bonds. The van der Waals surface area contributed by atoms with Gasteiger partial charge in [0.2, 0.25) is 0 Å². The largest absolute Gasteiger partial charge is 0.299 e. The molecule has 0 saturated heterocycles. The number of para-hydroxylation sites is 2. The van der Waals surface area contributed by atoms with Gasteiger partial charge in [0.05, 0.1) is 11.4 Å². The molecule has 0 fully saturated rings. The Labute approximate surface area is 141 Å². The minimum atomic E-state index is -0.776. The first kappa shape index (κ1) is 17.3. The number of hydrogen-bond donors (Lipinski definition) is 4. The minimum Gasteiger partial charge on any atom is -0.299 e. The van der Waals surface area contributed by atoms with Crippen LogP contribution in [0.1, 0.15) is 19.8 Å². The standard InChI is InChI=1S/C18H22N4O2/c1-2-9-16(17(23)21-19-14-10-5-3-6-11-14)18(24)22-20-15-12-7-4-8-13-15/h3-8,10-13,16,19-20H,2,9H2,1H3,(H,21,23)(H,22,24). The first-order valence-corrected chi connectivity index (χ1v) is 7.92. The van der Waals surface area contributed by atoms with Crippen molar-refractivity contribution >= 4 is 23.2 Å². The molecular weight excluding hydrogens is 304 g/mol. The fourth-order valence-corrected chi connectivity index (χ4v) is 2.15. The number of amides is 2. The lowest BCUT2D eigenvalue weighted by Gasteiger charge is -2.17. The Morgan fingerprint density at radius 1 is 0.792 bits per heavy atom. The third-order valence-electron chi connectivity index (χ3n) is 3.42. The summed E-state index contributed by atoms with van der Waals surface area (Å²) in [5, 5.41) is 0. The Morgan fingerprint density at radius 2 is 1.21 bits per heavy atom. The molecule has 2 aromatic carbocycles. The Balaban J connectivity index is 1.89. The van der Waals surface area contributed by atoms with Crippen molar-refractivity contribution in [1.29, 1.82) is 0 Å². The average Bonchev–Trinajstić information content (AvgIpc) is 2.64. The van der Waals surface area contributed by atoms with E-state index in [1.807, 2.05) is 67.6 Å². The lowest BCUT2D eigenvalue weighted by atomic mass is 10.0. The fraction of sp³-hybridized carbons (Fsp3) is 0.222. The van der Waals surface area contributed by atoms with Gasteiger partial charge in [0.1, 0.15) is 5.92 Å². The molecule has 0 aliphatic rings. The summed E-state index contributed by atoms with van der Waals surface area (Å²) < 4.78 is 0. The Hall–Kier alpha value is -3.02. The normalized spacial score (nSPS) is 10.1. The molecule has 4 N–H and O–H groups in total. The van der Waals surface area contributed by atoms with Gasteiger partial charge in [-0.2, -0.15) is 0 Å². The number of carbonyl (C=O) groups is 2. The van der Waals surface area contributed by atoms with Crippen LogP contribution in [0.5, 0.6) is 0 Å². The SMILES string of the molecule is CCCC(C(=O)NNc1ccccc1)C(=O)NNc1ccccc1. The number of carbonyl (C=O) groups excluding carboxylic acids is 2. The van der Waals surface area contributed by atoms with E-state index >= 15 is 0 Å². The molecule has 0 aliphatic carbocycles. The lowest BCUT2D eigenvalue weighted by molar-refractivity contribution is -0.135. The van der Waals surface area contributed by atoms with Crippen LogP contribution in [0, 0.1) is 5.92 Å². The second kappa shape index (κ2) is 9.19. The van der Waals surface area contributed by atoms with Crippen molar-refractivity contribution in [2.24, 2.45) is 5.92 Å². The second-order valence-corrected chi connectivity index (χ2v) is 5.30. The highest BCUT2D eigenvalue weighted by Crippen LogP contribution is 2.09. The van der Waals surface area contributed by atoms with Crippen molar-refractivity contribution in [3.8, 4) is 0 Å². The third kappa shape index (κ3) is 5.31. The number of nitrogens with one attached hydrogen (secondary N) is 4. The van der Waals surface area contributed by atoms with Gasteiger partial charge in [-0.05, 0) is 30.7 Å². The lowest BCUT2D eigenvalue weighted by Crippen LogP contribution is -2.44. The van der Waals surface area contributed by atoms with Gasteiger partial charge in [0.25, 0.3) is 11.8 Å². The zero-order chi connectivity index (χ0) is 17.2. The number of hydrazine groups is 2. The first-order chi connectivity index (χ1) is 11.7. The topological polar surface area (TPSA) is 82.3 Å². The van der Waals surface area contributed by atoms with Crippen molar-refractivity contribution in [3.05, 3.63) is 60.7 Å². The predicted octanol–water partition coefficient (Wildman–Crippen LogP) is 2.69. The monoisotopic (exact) mass is 326 g/mol. The minimum absolute atomic E-state index is 0.368. The molecule has 0 spiro atoms. The van der Waals surface area contributed by atoms with E-state index in [1.54, 1.807) is 0 Å². The van der Waals surface area contributed by atoms with Crippen molar-refractivity contribution in [1.82, 2.24) is 10.9 Å². The average molecular weight is 326 g/mol. The summed E-state index contributed by atoms with van der Waals surface area (Å²) in [6, 6.07) is 18.5. The molecule has 2 rings (SSSR count). The number of benzene rings is 2. The van der Waals surface area contributed by atoms with Crippen LogP contribution in [-0.2, 0) is 9.59 Å². The zero-order valence-corrected chi connectivity index (χ0v) is 13.6. The second-order valence-electron chi connectivity index (χ2n) is 5.30. The van der Waals surface area contributed by atoms with Gasteiger partial charge in [-0.15, -0.1) is 0 Å². The summed E-state index contributed by atoms with van der Waals surface area (Å²) in [6.45, 7) is 1.93. The van der Waals surface area contributed by atoms with Gasteiger partial charge in [0, 0.05) is 0 Å². The molecular formula is C18H22N4O2. The highest BCUT2D eigenvalue weighted by molar-refractivity contribution is 6.00. The van der Waals surface area contributed by atoms with E-state index in [1.165, 1.54) is 0 Å². The van der Waals surface area contributed by atoms with Crippen LogP contribution in [0.15, 0.2) is 60.7 Å². The van der Waals surface area contributed by atoms with Crippen LogP contribution < -0.4 is 21.7 Å². The zero-order valence-electron chi connectivity index (χ0n) is 13.6. The van der Waals surface area contributed by atoms with Crippen molar-refractivity contribution in [2.45, 2.75) is 19.8 Å². The molecule has 6 heteroatoms. The fourth-order valence-electron chi connectivity index (χ4n) is 2.15. The highest BCUT2D eigenvalue weighted by Gasteiger charge is 2.25. The molecule has 0 saturated carbocycles. The smallest absolute Gasteiger partial charge is 0.250 e. The summed E-state index contributed by atoms with van der Waals surface area (Å²) in [6.07, 6.45) is 1.19. The molecule has 0 bridgehead atoms. The van der Waals surface area contributed by atoms with E-state index in [4.69, 9.17) is 0 Å². The molecule has 0 unspecified atom stereocenters. The van der Waals surface area contributed by atoms with Crippen LogP contribution in [0.3, 0.4) is 0 Å². The molecule has 2 aromatic rings. The Morgan fingerprint density at radius 3 is 1.58 bits per heavy atom. The highest BCUT2D eigenvalue weighted by atomic mass is 16.2. The van der Waals surface area contributed by atoms with Gasteiger partial charge < -0.3 is 0 Å². The summed E-state index contributed by atoms with van der Waals surface area (Å²) in [7, 11) is 0. The van der Waals surface area contributed by atoms with Gasteiger partial charge in [0.15, 0.2) is 0 Å². The number of rotatable bonds is 8. The maximum Gasteiger partial charge on any atom is 0.250 e. The molecule has 0 atom stereocenters. The van der Waals surface area contributed by atoms with Crippen LogP contribution in [0.2, 0.25) is 0 Å². The number of hydrogen-bond acceptors (Lipinski definition) is 4. The number of anilines is 2. The van der Waals surface area contributed by atoms with E-state index in [2.05, 4.69) is 21.7 Å².